The monoisotopic (exact) mass is 670 g/mol. The third-order valence-electron chi connectivity index (χ3n) is 6.62. The first-order valence-corrected chi connectivity index (χ1v) is 30.5. The van der Waals surface area contributed by atoms with Crippen molar-refractivity contribution in [3.05, 3.63) is 48.5 Å². The van der Waals surface area contributed by atoms with E-state index in [4.69, 9.17) is 9.47 Å². The maximum atomic E-state index is 5.50. The first-order valence-electron chi connectivity index (χ1n) is 13.1. The molecule has 0 atom stereocenters. The predicted octanol–water partition coefficient (Wildman–Crippen LogP) is 7.99. The molecule has 0 aliphatic rings. The van der Waals surface area contributed by atoms with Gasteiger partial charge in [0.25, 0.3) is 0 Å². The van der Waals surface area contributed by atoms with Gasteiger partial charge in [-0.1, -0.05) is 0 Å². The van der Waals surface area contributed by atoms with Gasteiger partial charge in [-0.3, -0.25) is 0 Å². The van der Waals surface area contributed by atoms with Crippen molar-refractivity contribution in [2.24, 2.45) is 0 Å². The number of hydrogen-bond acceptors (Lipinski definition) is 2. The maximum absolute atomic E-state index is 5.50. The van der Waals surface area contributed by atoms with Crippen LogP contribution < -0.4 is 16.6 Å². The fourth-order valence-corrected chi connectivity index (χ4v) is 24.9. The summed E-state index contributed by atoms with van der Waals surface area (Å²) in [6, 6.07) is 17.5. The zero-order chi connectivity index (χ0) is 24.7. The van der Waals surface area contributed by atoms with Gasteiger partial charge in [-0.15, -0.1) is 0 Å². The molecule has 33 heavy (non-hydrogen) atoms. The van der Waals surface area contributed by atoms with Crippen molar-refractivity contribution in [3.8, 4) is 11.5 Å². The molecule has 4 heteroatoms. The SMILES string of the molecule is CCC[CH2][Sn]([CH2]CCC)([CH2]CCC)[c]1cccc(OC)c1.COc1cccc[c]1[Sn]([CH3])([CH3])[CH3]. The van der Waals surface area contributed by atoms with Crippen molar-refractivity contribution in [3.63, 3.8) is 0 Å². The van der Waals surface area contributed by atoms with Gasteiger partial charge < -0.3 is 0 Å². The molecule has 2 aromatic carbocycles. The Morgan fingerprint density at radius 2 is 1.21 bits per heavy atom. The van der Waals surface area contributed by atoms with E-state index in [1.54, 1.807) is 17.8 Å². The third-order valence-corrected chi connectivity index (χ3v) is 28.0. The Kier molecular flexibility index (Phi) is 15.2. The Morgan fingerprint density at radius 3 is 1.64 bits per heavy atom. The van der Waals surface area contributed by atoms with Crippen LogP contribution in [0.1, 0.15) is 59.3 Å². The number of hydrogen-bond donors (Lipinski definition) is 0. The summed E-state index contributed by atoms with van der Waals surface area (Å²) >= 11 is -4.17. The molecular formula is C29H50O2Sn2. The molecular weight excluding hydrogens is 618 g/mol. The summed E-state index contributed by atoms with van der Waals surface area (Å²) in [5.74, 6) is 2.12. The normalized spacial score (nSPS) is 11.5. The number of rotatable bonds is 13. The van der Waals surface area contributed by atoms with Crippen molar-refractivity contribution in [1.82, 2.24) is 0 Å². The summed E-state index contributed by atoms with van der Waals surface area (Å²) in [7, 11) is 3.54. The fourth-order valence-electron chi connectivity index (χ4n) is 4.57. The van der Waals surface area contributed by atoms with Crippen LogP contribution in [0.3, 0.4) is 0 Å². The van der Waals surface area contributed by atoms with Crippen LogP contribution in [0.25, 0.3) is 0 Å². The fraction of sp³-hybridized carbons (Fsp3) is 0.586. The van der Waals surface area contributed by atoms with E-state index in [1.807, 2.05) is 6.07 Å². The van der Waals surface area contributed by atoms with E-state index in [2.05, 4.69) is 78.1 Å². The van der Waals surface area contributed by atoms with Gasteiger partial charge in [-0.05, 0) is 0 Å². The summed E-state index contributed by atoms with van der Waals surface area (Å²) in [6.07, 6.45) is 8.25. The molecule has 0 aromatic heterocycles. The van der Waals surface area contributed by atoms with Gasteiger partial charge in [0.05, 0.1) is 0 Å². The van der Waals surface area contributed by atoms with Crippen molar-refractivity contribution in [2.75, 3.05) is 14.2 Å². The minimum atomic E-state index is -2.24. The van der Waals surface area contributed by atoms with Crippen LogP contribution in [-0.2, 0) is 0 Å². The molecule has 0 spiro atoms. The standard InChI is InChI=1S/2C7H7O.3C4H9.3CH3.2Sn/c2*1-8-7-5-3-2-4-6-7;3*1-3-4-2;;;;;/h2-3,5-6H,1H3;2-5H,1H3;3*1,3-4H2,2H3;3*1H3;;. The van der Waals surface area contributed by atoms with Gasteiger partial charge in [0, 0.05) is 0 Å². The van der Waals surface area contributed by atoms with Crippen LogP contribution in [0.15, 0.2) is 48.5 Å². The van der Waals surface area contributed by atoms with E-state index in [0.29, 0.717) is 0 Å². The summed E-state index contributed by atoms with van der Waals surface area (Å²) in [5.41, 5.74) is 0. The summed E-state index contributed by atoms with van der Waals surface area (Å²) in [4.78, 5) is 7.19. The second kappa shape index (κ2) is 16.3. The average molecular weight is 668 g/mol. The van der Waals surface area contributed by atoms with E-state index in [1.165, 1.54) is 55.4 Å². The van der Waals surface area contributed by atoms with Gasteiger partial charge in [-0.2, -0.15) is 0 Å². The van der Waals surface area contributed by atoms with Gasteiger partial charge >= 0.3 is 215 Å². The van der Waals surface area contributed by atoms with E-state index in [9.17, 15) is 0 Å². The summed E-state index contributed by atoms with van der Waals surface area (Å²) in [6.45, 7) is 7.01. The molecule has 0 aliphatic heterocycles. The Hall–Kier alpha value is -0.363. The Morgan fingerprint density at radius 1 is 0.667 bits per heavy atom. The molecule has 2 rings (SSSR count). The zero-order valence-corrected chi connectivity index (χ0v) is 28.5. The number of para-hydroxylation sites is 1. The van der Waals surface area contributed by atoms with Crippen molar-refractivity contribution in [2.45, 2.75) is 87.4 Å². The van der Waals surface area contributed by atoms with E-state index < -0.39 is 36.8 Å². The molecule has 0 amide bonds. The number of ether oxygens (including phenoxy) is 2. The van der Waals surface area contributed by atoms with Gasteiger partial charge in [-0.25, -0.2) is 0 Å². The van der Waals surface area contributed by atoms with Crippen LogP contribution in [0.2, 0.25) is 28.1 Å². The molecule has 0 heterocycles. The molecule has 0 radical (unpaired) electrons. The summed E-state index contributed by atoms with van der Waals surface area (Å²) in [5, 5.41) is 0. The van der Waals surface area contributed by atoms with Gasteiger partial charge in [0.1, 0.15) is 0 Å². The van der Waals surface area contributed by atoms with Crippen molar-refractivity contribution < 1.29 is 9.47 Å². The van der Waals surface area contributed by atoms with E-state index in [0.717, 1.165) is 11.5 Å². The molecule has 0 saturated heterocycles. The van der Waals surface area contributed by atoms with Crippen LogP contribution in [0.5, 0.6) is 11.5 Å². The molecule has 0 aliphatic carbocycles. The molecule has 0 N–H and O–H groups in total. The minimum absolute atomic E-state index is 1.05. The van der Waals surface area contributed by atoms with Crippen molar-refractivity contribution in [1.29, 1.82) is 0 Å². The molecule has 2 aromatic rings. The Labute approximate surface area is 213 Å². The van der Waals surface area contributed by atoms with E-state index >= 15 is 0 Å². The number of unbranched alkanes of at least 4 members (excludes halogenated alkanes) is 3. The number of benzene rings is 2. The molecule has 2 nitrogen and oxygen atoms in total. The number of methoxy groups -OCH3 is 2. The van der Waals surface area contributed by atoms with Crippen LogP contribution in [0, 0.1) is 0 Å². The van der Waals surface area contributed by atoms with Crippen molar-refractivity contribution >= 4 is 43.9 Å². The van der Waals surface area contributed by atoms with E-state index in [-0.39, 0.29) is 0 Å². The summed E-state index contributed by atoms with van der Waals surface area (Å²) < 4.78 is 18.6. The Balaban J connectivity index is 0.000000383. The van der Waals surface area contributed by atoms with Crippen LogP contribution in [0.4, 0.5) is 0 Å². The molecule has 186 valence electrons. The second-order valence-corrected chi connectivity index (χ2v) is 37.9. The average Bonchev–Trinajstić information content (AvgIpc) is 2.83. The zero-order valence-electron chi connectivity index (χ0n) is 22.8. The van der Waals surface area contributed by atoms with Gasteiger partial charge in [0.15, 0.2) is 0 Å². The first-order chi connectivity index (χ1) is 15.8. The van der Waals surface area contributed by atoms with Crippen LogP contribution >= 0.6 is 0 Å². The molecule has 0 saturated carbocycles. The molecule has 0 fully saturated rings. The quantitative estimate of drug-likeness (QED) is 0.202. The topological polar surface area (TPSA) is 18.5 Å². The Bertz CT molecular complexity index is 761. The second-order valence-electron chi connectivity index (χ2n) is 10.3. The van der Waals surface area contributed by atoms with Crippen LogP contribution in [-0.4, -0.2) is 51.0 Å². The molecule has 0 bridgehead atoms. The molecule has 0 unspecified atom stereocenters. The predicted molar refractivity (Wildman–Crippen MR) is 154 cm³/mol. The third kappa shape index (κ3) is 10.4. The first kappa shape index (κ1) is 30.7. The van der Waals surface area contributed by atoms with Gasteiger partial charge in [0.2, 0.25) is 0 Å².